The second-order valence-corrected chi connectivity index (χ2v) is 6.21. The predicted octanol–water partition coefficient (Wildman–Crippen LogP) is 3.13. The molecule has 2 aromatic heterocycles. The Morgan fingerprint density at radius 2 is 2.22 bits per heavy atom. The zero-order chi connectivity index (χ0) is 13.1. The molecule has 5 heteroatoms. The minimum absolute atomic E-state index is 0.852. The Balaban J connectivity index is 2.22. The minimum atomic E-state index is 0.852. The van der Waals surface area contributed by atoms with E-state index >= 15 is 0 Å². The Labute approximate surface area is 120 Å². The molecule has 18 heavy (non-hydrogen) atoms. The lowest BCUT2D eigenvalue weighted by Crippen LogP contribution is -2.11. The maximum atomic E-state index is 4.65. The zero-order valence-electron chi connectivity index (χ0n) is 11.0. The van der Waals surface area contributed by atoms with Crippen molar-refractivity contribution in [1.82, 2.24) is 15.1 Å². The SMILES string of the molecule is CNCCc1c(C)nn(Cc2sccc2Br)c1C. The summed E-state index contributed by atoms with van der Waals surface area (Å²) in [5.41, 5.74) is 3.80. The van der Waals surface area contributed by atoms with Crippen molar-refractivity contribution in [2.45, 2.75) is 26.8 Å². The van der Waals surface area contributed by atoms with E-state index in [2.05, 4.69) is 56.3 Å². The van der Waals surface area contributed by atoms with Gasteiger partial charge in [0.05, 0.1) is 12.2 Å². The van der Waals surface area contributed by atoms with Crippen LogP contribution in [0.2, 0.25) is 0 Å². The number of rotatable bonds is 5. The van der Waals surface area contributed by atoms with Gasteiger partial charge < -0.3 is 5.32 Å². The third-order valence-electron chi connectivity index (χ3n) is 3.14. The molecule has 98 valence electrons. The van der Waals surface area contributed by atoms with E-state index in [0.717, 1.165) is 25.2 Å². The standard InChI is InChI=1S/C13H18BrN3S/c1-9-11(4-6-15-3)10(2)17(16-9)8-13-12(14)5-7-18-13/h5,7,15H,4,6,8H2,1-3H3. The first-order chi connectivity index (χ1) is 8.63. The number of nitrogens with zero attached hydrogens (tertiary/aromatic N) is 2. The van der Waals surface area contributed by atoms with Crippen molar-refractivity contribution in [2.75, 3.05) is 13.6 Å². The molecule has 0 saturated carbocycles. The molecule has 0 aromatic carbocycles. The van der Waals surface area contributed by atoms with Crippen LogP contribution in [0.4, 0.5) is 0 Å². The summed E-state index contributed by atoms with van der Waals surface area (Å²) in [6.45, 7) is 6.10. The van der Waals surface area contributed by atoms with Crippen LogP contribution in [0, 0.1) is 13.8 Å². The summed E-state index contributed by atoms with van der Waals surface area (Å²) in [4.78, 5) is 1.32. The Morgan fingerprint density at radius 1 is 1.44 bits per heavy atom. The van der Waals surface area contributed by atoms with Gasteiger partial charge in [-0.1, -0.05) is 0 Å². The molecule has 2 heterocycles. The van der Waals surface area contributed by atoms with Crippen LogP contribution >= 0.6 is 27.3 Å². The number of nitrogens with one attached hydrogen (secondary N) is 1. The molecular weight excluding hydrogens is 310 g/mol. The van der Waals surface area contributed by atoms with E-state index in [1.807, 2.05) is 7.05 Å². The first-order valence-electron chi connectivity index (χ1n) is 6.02. The van der Waals surface area contributed by atoms with Crippen LogP contribution in [-0.2, 0) is 13.0 Å². The normalized spacial score (nSPS) is 11.1. The van der Waals surface area contributed by atoms with Gasteiger partial charge in [0.1, 0.15) is 0 Å². The molecule has 1 N–H and O–H groups in total. The van der Waals surface area contributed by atoms with Gasteiger partial charge in [-0.2, -0.15) is 5.10 Å². The Bertz CT molecular complexity index is 530. The summed E-state index contributed by atoms with van der Waals surface area (Å²) in [5.74, 6) is 0. The van der Waals surface area contributed by atoms with E-state index in [9.17, 15) is 0 Å². The molecule has 3 nitrogen and oxygen atoms in total. The Hall–Kier alpha value is -0.650. The molecule has 0 aliphatic heterocycles. The van der Waals surface area contributed by atoms with Crippen molar-refractivity contribution >= 4 is 27.3 Å². The fourth-order valence-corrected chi connectivity index (χ4v) is 3.53. The fourth-order valence-electron chi connectivity index (χ4n) is 2.07. The largest absolute Gasteiger partial charge is 0.319 e. The Morgan fingerprint density at radius 3 is 2.83 bits per heavy atom. The van der Waals surface area contributed by atoms with E-state index in [0.29, 0.717) is 0 Å². The average Bonchev–Trinajstić information content (AvgIpc) is 2.84. The highest BCUT2D eigenvalue weighted by Crippen LogP contribution is 2.24. The molecule has 0 fully saturated rings. The molecule has 0 aliphatic rings. The van der Waals surface area contributed by atoms with Crippen molar-refractivity contribution < 1.29 is 0 Å². The van der Waals surface area contributed by atoms with Crippen molar-refractivity contribution in [3.63, 3.8) is 0 Å². The predicted molar refractivity (Wildman–Crippen MR) is 80.5 cm³/mol. The van der Waals surface area contributed by atoms with Crippen LogP contribution in [0.25, 0.3) is 0 Å². The van der Waals surface area contributed by atoms with Crippen LogP contribution in [0.3, 0.4) is 0 Å². The topological polar surface area (TPSA) is 29.9 Å². The minimum Gasteiger partial charge on any atom is -0.319 e. The maximum Gasteiger partial charge on any atom is 0.0766 e. The number of aryl methyl sites for hydroxylation is 1. The molecule has 2 rings (SSSR count). The van der Waals surface area contributed by atoms with E-state index in [4.69, 9.17) is 0 Å². The summed E-state index contributed by atoms with van der Waals surface area (Å²) in [7, 11) is 1.98. The van der Waals surface area contributed by atoms with E-state index < -0.39 is 0 Å². The number of hydrogen-bond acceptors (Lipinski definition) is 3. The summed E-state index contributed by atoms with van der Waals surface area (Å²) < 4.78 is 3.29. The number of aromatic nitrogens is 2. The van der Waals surface area contributed by atoms with Crippen molar-refractivity contribution in [3.05, 3.63) is 37.7 Å². The number of hydrogen-bond donors (Lipinski definition) is 1. The summed E-state index contributed by atoms with van der Waals surface area (Å²) >= 11 is 5.34. The third kappa shape index (κ3) is 2.84. The van der Waals surface area contributed by atoms with E-state index in [1.165, 1.54) is 20.6 Å². The van der Waals surface area contributed by atoms with Crippen molar-refractivity contribution in [1.29, 1.82) is 0 Å². The van der Waals surface area contributed by atoms with Crippen molar-refractivity contribution in [2.24, 2.45) is 0 Å². The second kappa shape index (κ2) is 5.99. The van der Waals surface area contributed by atoms with Crippen LogP contribution in [0.5, 0.6) is 0 Å². The number of thiophene rings is 1. The van der Waals surface area contributed by atoms with Crippen LogP contribution < -0.4 is 5.32 Å². The van der Waals surface area contributed by atoms with Gasteiger partial charge >= 0.3 is 0 Å². The molecule has 0 unspecified atom stereocenters. The lowest BCUT2D eigenvalue weighted by Gasteiger charge is -2.05. The molecule has 0 amide bonds. The molecule has 0 atom stereocenters. The number of likely N-dealkylation sites (N-methyl/N-ethyl adjacent to an activating group) is 1. The van der Waals surface area contributed by atoms with Gasteiger partial charge in [-0.25, -0.2) is 0 Å². The lowest BCUT2D eigenvalue weighted by molar-refractivity contribution is 0.663. The van der Waals surface area contributed by atoms with Gasteiger partial charge in [0.2, 0.25) is 0 Å². The summed E-state index contributed by atoms with van der Waals surface area (Å²) in [6, 6.07) is 2.09. The first-order valence-corrected chi connectivity index (χ1v) is 7.70. The second-order valence-electron chi connectivity index (χ2n) is 4.35. The summed E-state index contributed by atoms with van der Waals surface area (Å²) in [6.07, 6.45) is 1.04. The monoisotopic (exact) mass is 327 g/mol. The van der Waals surface area contributed by atoms with Gasteiger partial charge in [-0.3, -0.25) is 4.68 Å². The molecule has 2 aromatic rings. The van der Waals surface area contributed by atoms with Crippen LogP contribution in [0.15, 0.2) is 15.9 Å². The smallest absolute Gasteiger partial charge is 0.0766 e. The van der Waals surface area contributed by atoms with Crippen molar-refractivity contribution in [3.8, 4) is 0 Å². The number of halogens is 1. The molecule has 0 spiro atoms. The quantitative estimate of drug-likeness (QED) is 0.914. The maximum absolute atomic E-state index is 4.65. The molecule has 0 aliphatic carbocycles. The Kier molecular flexibility index (Phi) is 4.59. The lowest BCUT2D eigenvalue weighted by atomic mass is 10.1. The van der Waals surface area contributed by atoms with Gasteiger partial charge in [-0.05, 0) is 66.8 Å². The fraction of sp³-hybridized carbons (Fsp3) is 0.462. The third-order valence-corrected chi connectivity index (χ3v) is 5.05. The summed E-state index contributed by atoms with van der Waals surface area (Å²) in [5, 5.41) is 9.95. The highest BCUT2D eigenvalue weighted by molar-refractivity contribution is 9.10. The first kappa shape index (κ1) is 13.8. The molecular formula is C13H18BrN3S. The average molecular weight is 328 g/mol. The zero-order valence-corrected chi connectivity index (χ0v) is 13.4. The van der Waals surface area contributed by atoms with Gasteiger partial charge in [0.15, 0.2) is 0 Å². The van der Waals surface area contributed by atoms with E-state index in [-0.39, 0.29) is 0 Å². The van der Waals surface area contributed by atoms with Crippen LogP contribution in [0.1, 0.15) is 21.8 Å². The highest BCUT2D eigenvalue weighted by atomic mass is 79.9. The van der Waals surface area contributed by atoms with Crippen LogP contribution in [-0.4, -0.2) is 23.4 Å². The van der Waals surface area contributed by atoms with Gasteiger partial charge in [0.25, 0.3) is 0 Å². The highest BCUT2D eigenvalue weighted by Gasteiger charge is 2.12. The molecule has 0 saturated heterocycles. The van der Waals surface area contributed by atoms with E-state index in [1.54, 1.807) is 11.3 Å². The molecule has 0 bridgehead atoms. The molecule has 0 radical (unpaired) electrons. The van der Waals surface area contributed by atoms with Gasteiger partial charge in [0, 0.05) is 15.0 Å². The van der Waals surface area contributed by atoms with Gasteiger partial charge in [-0.15, -0.1) is 11.3 Å².